The Kier molecular flexibility index (Phi) is 4.35. The van der Waals surface area contributed by atoms with Crippen molar-refractivity contribution in [3.8, 4) is 0 Å². The van der Waals surface area contributed by atoms with Crippen LogP contribution in [0.25, 0.3) is 0 Å². The van der Waals surface area contributed by atoms with Gasteiger partial charge in [-0.25, -0.2) is 14.4 Å². The third kappa shape index (κ3) is 3.48. The highest BCUT2D eigenvalue weighted by atomic mass is 19.1. The Morgan fingerprint density at radius 2 is 2.24 bits per heavy atom. The second-order valence-electron chi connectivity index (χ2n) is 6.39. The normalized spacial score (nSPS) is 25.6. The number of furan rings is 1. The van der Waals surface area contributed by atoms with Crippen molar-refractivity contribution < 1.29 is 18.3 Å². The van der Waals surface area contributed by atoms with E-state index in [1.54, 1.807) is 12.3 Å². The molecule has 2 aliphatic rings. The van der Waals surface area contributed by atoms with Gasteiger partial charge in [0.05, 0.1) is 31.3 Å². The first-order chi connectivity index (χ1) is 12.2. The summed E-state index contributed by atoms with van der Waals surface area (Å²) in [6.45, 7) is 1.74. The molecule has 1 N–H and O–H groups in total. The summed E-state index contributed by atoms with van der Waals surface area (Å²) in [6, 6.07) is 3.60. The van der Waals surface area contributed by atoms with E-state index in [0.717, 1.165) is 25.4 Å². The Morgan fingerprint density at radius 3 is 3.00 bits per heavy atom. The van der Waals surface area contributed by atoms with E-state index in [4.69, 9.17) is 9.15 Å². The van der Waals surface area contributed by atoms with Gasteiger partial charge >= 0.3 is 0 Å². The molecule has 0 unspecified atom stereocenters. The third-order valence-electron chi connectivity index (χ3n) is 4.75. The molecular weight excluding hydrogens is 327 g/mol. The van der Waals surface area contributed by atoms with Crippen molar-refractivity contribution in [3.63, 3.8) is 0 Å². The van der Waals surface area contributed by atoms with Crippen LogP contribution in [0.5, 0.6) is 0 Å². The van der Waals surface area contributed by atoms with Gasteiger partial charge in [0.2, 0.25) is 11.9 Å². The van der Waals surface area contributed by atoms with Crippen molar-refractivity contribution in [1.82, 2.24) is 15.3 Å². The van der Waals surface area contributed by atoms with Gasteiger partial charge in [0, 0.05) is 13.1 Å². The molecule has 2 aromatic rings. The maximum Gasteiger partial charge on any atom is 0.249 e. The van der Waals surface area contributed by atoms with E-state index < -0.39 is 11.9 Å². The summed E-state index contributed by atoms with van der Waals surface area (Å²) in [5.74, 6) is 0.980. The van der Waals surface area contributed by atoms with E-state index in [1.807, 2.05) is 11.0 Å². The topological polar surface area (TPSA) is 80.5 Å². The molecule has 132 valence electrons. The minimum absolute atomic E-state index is 0.0400. The van der Waals surface area contributed by atoms with Gasteiger partial charge in [-0.2, -0.15) is 0 Å². The van der Waals surface area contributed by atoms with E-state index in [2.05, 4.69) is 15.3 Å². The van der Waals surface area contributed by atoms with Crippen molar-refractivity contribution in [3.05, 3.63) is 42.4 Å². The number of hydrogen-bond acceptors (Lipinski definition) is 6. The maximum atomic E-state index is 13.0. The molecule has 8 heteroatoms. The predicted octanol–water partition coefficient (Wildman–Crippen LogP) is 1.51. The number of hydrogen-bond donors (Lipinski definition) is 1. The second-order valence-corrected chi connectivity index (χ2v) is 6.39. The van der Waals surface area contributed by atoms with Crippen LogP contribution in [0.15, 0.2) is 35.2 Å². The minimum Gasteiger partial charge on any atom is -0.467 e. The Labute approximate surface area is 144 Å². The van der Waals surface area contributed by atoms with Gasteiger partial charge in [-0.1, -0.05) is 0 Å². The monoisotopic (exact) mass is 346 g/mol. The van der Waals surface area contributed by atoms with Crippen LogP contribution < -0.4 is 10.2 Å². The number of piperidine rings is 1. The number of rotatable bonds is 4. The Balaban J connectivity index is 1.33. The van der Waals surface area contributed by atoms with Crippen LogP contribution in [-0.2, 0) is 16.1 Å². The summed E-state index contributed by atoms with van der Waals surface area (Å²) in [5.41, 5.74) is 0. The molecule has 0 aliphatic carbocycles. The summed E-state index contributed by atoms with van der Waals surface area (Å²) >= 11 is 0. The quantitative estimate of drug-likeness (QED) is 0.904. The number of anilines is 1. The van der Waals surface area contributed by atoms with E-state index in [-0.39, 0.29) is 12.0 Å². The molecule has 4 rings (SSSR count). The van der Waals surface area contributed by atoms with Gasteiger partial charge in [-0.3, -0.25) is 4.79 Å². The first-order valence-electron chi connectivity index (χ1n) is 8.37. The number of ether oxygens (including phenoxy) is 1. The fraction of sp³-hybridized carbons (Fsp3) is 0.471. The van der Waals surface area contributed by atoms with E-state index >= 15 is 0 Å². The van der Waals surface area contributed by atoms with Crippen molar-refractivity contribution >= 4 is 11.9 Å². The number of amides is 1. The molecule has 2 aliphatic heterocycles. The Morgan fingerprint density at radius 1 is 1.40 bits per heavy atom. The molecule has 4 heterocycles. The summed E-state index contributed by atoms with van der Waals surface area (Å²) in [6.07, 6.45) is 5.03. The van der Waals surface area contributed by atoms with Crippen LogP contribution >= 0.6 is 0 Å². The highest BCUT2D eigenvalue weighted by molar-refractivity contribution is 5.81. The van der Waals surface area contributed by atoms with E-state index in [1.165, 1.54) is 0 Å². The molecule has 0 bridgehead atoms. The molecule has 0 aromatic carbocycles. The average molecular weight is 346 g/mol. The number of carbonyl (C=O) groups excluding carboxylic acids is 1. The molecular formula is C17H19FN4O3. The van der Waals surface area contributed by atoms with Gasteiger partial charge in [-0.15, -0.1) is 0 Å². The maximum absolute atomic E-state index is 13.0. The van der Waals surface area contributed by atoms with Gasteiger partial charge in [-0.05, 0) is 30.9 Å². The van der Waals surface area contributed by atoms with Crippen LogP contribution in [0.4, 0.5) is 10.3 Å². The Bertz CT molecular complexity index is 722. The molecule has 1 amide bonds. The lowest BCUT2D eigenvalue weighted by atomic mass is 9.92. The van der Waals surface area contributed by atoms with Crippen LogP contribution in [0, 0.1) is 11.7 Å². The fourth-order valence-electron chi connectivity index (χ4n) is 3.45. The van der Waals surface area contributed by atoms with Gasteiger partial charge in [0.25, 0.3) is 0 Å². The zero-order valence-electron chi connectivity index (χ0n) is 13.6. The molecule has 0 saturated carbocycles. The number of nitrogens with zero attached hydrogens (tertiary/aromatic N) is 3. The molecule has 3 atom stereocenters. The molecule has 25 heavy (non-hydrogen) atoms. The second kappa shape index (κ2) is 6.79. The van der Waals surface area contributed by atoms with Crippen LogP contribution in [0.2, 0.25) is 0 Å². The number of nitrogens with one attached hydrogen (secondary N) is 1. The molecule has 2 saturated heterocycles. The van der Waals surface area contributed by atoms with Crippen molar-refractivity contribution in [2.75, 3.05) is 18.0 Å². The van der Waals surface area contributed by atoms with E-state index in [0.29, 0.717) is 37.1 Å². The molecule has 0 radical (unpaired) electrons. The summed E-state index contributed by atoms with van der Waals surface area (Å²) in [5, 5.41) is 2.85. The van der Waals surface area contributed by atoms with Crippen LogP contribution in [0.1, 0.15) is 18.6 Å². The molecule has 2 fully saturated rings. The standard InChI is InChI=1S/C17H19FN4O3/c18-12-7-20-17(21-8-12)22-4-3-11-6-14(25-15(11)10-22)16(23)19-9-13-2-1-5-24-13/h1-2,5,7-8,11,14-15H,3-4,6,9-10H2,(H,19,23)/t11-,14+,15+/m1/s1. The highest BCUT2D eigenvalue weighted by Gasteiger charge is 2.42. The lowest BCUT2D eigenvalue weighted by Gasteiger charge is -2.33. The van der Waals surface area contributed by atoms with Crippen molar-refractivity contribution in [2.45, 2.75) is 31.6 Å². The van der Waals surface area contributed by atoms with Crippen molar-refractivity contribution in [1.29, 1.82) is 0 Å². The summed E-state index contributed by atoms with van der Waals surface area (Å²) in [4.78, 5) is 22.3. The highest BCUT2D eigenvalue weighted by Crippen LogP contribution is 2.34. The van der Waals surface area contributed by atoms with Gasteiger partial charge in [0.15, 0.2) is 5.82 Å². The number of carbonyl (C=O) groups is 1. The number of halogens is 1. The van der Waals surface area contributed by atoms with Gasteiger partial charge in [0.1, 0.15) is 11.9 Å². The fourth-order valence-corrected chi connectivity index (χ4v) is 3.45. The minimum atomic E-state index is -0.455. The first-order valence-corrected chi connectivity index (χ1v) is 8.37. The SMILES string of the molecule is O=C(NCc1ccco1)[C@@H]1C[C@H]2CCN(c3ncc(F)cn3)C[C@@H]2O1. The van der Waals surface area contributed by atoms with Crippen molar-refractivity contribution in [2.24, 2.45) is 5.92 Å². The lowest BCUT2D eigenvalue weighted by molar-refractivity contribution is -0.132. The molecule has 7 nitrogen and oxygen atoms in total. The van der Waals surface area contributed by atoms with Crippen LogP contribution in [0.3, 0.4) is 0 Å². The smallest absolute Gasteiger partial charge is 0.249 e. The number of fused-ring (bicyclic) bond motifs is 1. The zero-order chi connectivity index (χ0) is 17.2. The average Bonchev–Trinajstić information content (AvgIpc) is 3.29. The lowest BCUT2D eigenvalue weighted by Crippen LogP contribution is -2.43. The van der Waals surface area contributed by atoms with Gasteiger partial charge < -0.3 is 19.4 Å². The summed E-state index contributed by atoms with van der Waals surface area (Å²) in [7, 11) is 0. The molecule has 0 spiro atoms. The summed E-state index contributed by atoms with van der Waals surface area (Å²) < 4.78 is 24.1. The van der Waals surface area contributed by atoms with E-state index in [9.17, 15) is 9.18 Å². The third-order valence-corrected chi connectivity index (χ3v) is 4.75. The largest absolute Gasteiger partial charge is 0.467 e. The Hall–Kier alpha value is -2.48. The number of aromatic nitrogens is 2. The predicted molar refractivity (Wildman–Crippen MR) is 86.1 cm³/mol. The van der Waals surface area contributed by atoms with Crippen LogP contribution in [-0.4, -0.2) is 41.2 Å². The molecule has 2 aromatic heterocycles. The first kappa shape index (κ1) is 16.0. The zero-order valence-corrected chi connectivity index (χ0v) is 13.6.